The van der Waals surface area contributed by atoms with Gasteiger partial charge in [0.25, 0.3) is 0 Å². The molecular weight excluding hydrogens is 244 g/mol. The maximum absolute atomic E-state index is 5.81. The first kappa shape index (κ1) is 13.0. The van der Waals surface area contributed by atoms with Crippen molar-refractivity contribution in [2.24, 2.45) is 0 Å². The van der Waals surface area contributed by atoms with Crippen LogP contribution in [0.4, 0.5) is 5.69 Å². The second-order valence-electron chi connectivity index (χ2n) is 3.75. The van der Waals surface area contributed by atoms with E-state index in [0.29, 0.717) is 35.6 Å². The normalized spacial score (nSPS) is 10.0. The minimum atomic E-state index is 0.454. The summed E-state index contributed by atoms with van der Waals surface area (Å²) in [6, 6.07) is 10.6. The summed E-state index contributed by atoms with van der Waals surface area (Å²) in [6.45, 7) is 2.46. The summed E-state index contributed by atoms with van der Waals surface area (Å²) in [5, 5.41) is 0. The smallest absolute Gasteiger partial charge is 0.222 e. The van der Waals surface area contributed by atoms with E-state index >= 15 is 0 Å². The maximum Gasteiger partial charge on any atom is 0.222 e. The fourth-order valence-electron chi connectivity index (χ4n) is 1.58. The summed E-state index contributed by atoms with van der Waals surface area (Å²) in [5.41, 5.74) is 6.33. The molecule has 19 heavy (non-hydrogen) atoms. The molecule has 0 atom stereocenters. The van der Waals surface area contributed by atoms with Crippen LogP contribution in [0.1, 0.15) is 6.92 Å². The monoisotopic (exact) mass is 260 g/mol. The highest BCUT2D eigenvalue weighted by Gasteiger charge is 2.04. The van der Waals surface area contributed by atoms with E-state index in [2.05, 4.69) is 4.98 Å². The van der Waals surface area contributed by atoms with Gasteiger partial charge in [0.05, 0.1) is 19.4 Å². The molecular formula is C14H16N2O3. The lowest BCUT2D eigenvalue weighted by atomic mass is 10.3. The van der Waals surface area contributed by atoms with Gasteiger partial charge in [-0.1, -0.05) is 6.07 Å². The molecule has 0 fully saturated rings. The molecule has 1 aromatic heterocycles. The van der Waals surface area contributed by atoms with Crippen LogP contribution in [0.3, 0.4) is 0 Å². The van der Waals surface area contributed by atoms with Gasteiger partial charge in [0.1, 0.15) is 11.5 Å². The molecule has 0 spiro atoms. The third-order valence-electron chi connectivity index (χ3n) is 2.41. The number of aromatic nitrogens is 1. The molecule has 2 N–H and O–H groups in total. The van der Waals surface area contributed by atoms with Crippen molar-refractivity contribution in [3.63, 3.8) is 0 Å². The number of anilines is 1. The zero-order valence-corrected chi connectivity index (χ0v) is 10.9. The van der Waals surface area contributed by atoms with E-state index in [1.807, 2.05) is 13.0 Å². The largest absolute Gasteiger partial charge is 0.495 e. The summed E-state index contributed by atoms with van der Waals surface area (Å²) < 4.78 is 16.0. The van der Waals surface area contributed by atoms with Crippen LogP contribution in [0.5, 0.6) is 23.3 Å². The van der Waals surface area contributed by atoms with Gasteiger partial charge in [-0.25, -0.2) is 0 Å². The molecule has 0 saturated heterocycles. The molecule has 0 saturated carbocycles. The van der Waals surface area contributed by atoms with Gasteiger partial charge < -0.3 is 19.9 Å². The highest BCUT2D eigenvalue weighted by molar-refractivity contribution is 5.56. The molecule has 0 aliphatic carbocycles. The Kier molecular flexibility index (Phi) is 4.07. The van der Waals surface area contributed by atoms with Gasteiger partial charge in [0.2, 0.25) is 11.8 Å². The van der Waals surface area contributed by atoms with Gasteiger partial charge in [-0.2, -0.15) is 4.98 Å². The average molecular weight is 260 g/mol. The highest BCUT2D eigenvalue weighted by Crippen LogP contribution is 2.29. The van der Waals surface area contributed by atoms with E-state index in [9.17, 15) is 0 Å². The minimum absolute atomic E-state index is 0.454. The molecule has 5 nitrogen and oxygen atoms in total. The van der Waals surface area contributed by atoms with Crippen molar-refractivity contribution in [2.75, 3.05) is 19.5 Å². The van der Waals surface area contributed by atoms with Crippen LogP contribution in [0.25, 0.3) is 0 Å². The van der Waals surface area contributed by atoms with Gasteiger partial charge in [-0.15, -0.1) is 0 Å². The predicted octanol–water partition coefficient (Wildman–Crippen LogP) is 2.86. The minimum Gasteiger partial charge on any atom is -0.495 e. The Hall–Kier alpha value is -2.43. The van der Waals surface area contributed by atoms with Crippen molar-refractivity contribution in [3.05, 3.63) is 36.4 Å². The number of methoxy groups -OCH3 is 1. The number of nitrogen functional groups attached to an aromatic ring is 1. The number of ether oxygens (including phenoxy) is 3. The van der Waals surface area contributed by atoms with Crippen LogP contribution in [0.15, 0.2) is 36.4 Å². The van der Waals surface area contributed by atoms with Crippen LogP contribution in [-0.4, -0.2) is 18.7 Å². The van der Waals surface area contributed by atoms with Crippen molar-refractivity contribution in [1.82, 2.24) is 4.98 Å². The molecule has 0 unspecified atom stereocenters. The van der Waals surface area contributed by atoms with Crippen LogP contribution in [0, 0.1) is 0 Å². The van der Waals surface area contributed by atoms with Crippen LogP contribution < -0.4 is 19.9 Å². The van der Waals surface area contributed by atoms with E-state index in [1.165, 1.54) is 0 Å². The van der Waals surface area contributed by atoms with Crippen LogP contribution in [0.2, 0.25) is 0 Å². The summed E-state index contributed by atoms with van der Waals surface area (Å²) in [7, 11) is 1.57. The summed E-state index contributed by atoms with van der Waals surface area (Å²) >= 11 is 0. The Morgan fingerprint density at radius 3 is 2.63 bits per heavy atom. The number of nitrogens with zero attached hydrogens (tertiary/aromatic N) is 1. The summed E-state index contributed by atoms with van der Waals surface area (Å²) in [5.74, 6) is 2.19. The van der Waals surface area contributed by atoms with Gasteiger partial charge in [-0.3, -0.25) is 0 Å². The number of rotatable bonds is 5. The molecule has 0 aliphatic rings. The van der Waals surface area contributed by atoms with Gasteiger partial charge in [0, 0.05) is 18.2 Å². The first-order valence-corrected chi connectivity index (χ1v) is 5.94. The lowest BCUT2D eigenvalue weighted by Gasteiger charge is -2.09. The number of nitrogens with two attached hydrogens (primary N) is 1. The number of pyridine rings is 1. The Morgan fingerprint density at radius 1 is 1.16 bits per heavy atom. The quantitative estimate of drug-likeness (QED) is 0.837. The van der Waals surface area contributed by atoms with Crippen molar-refractivity contribution in [3.8, 4) is 23.3 Å². The van der Waals surface area contributed by atoms with E-state index in [1.54, 1.807) is 37.4 Å². The van der Waals surface area contributed by atoms with E-state index in [4.69, 9.17) is 19.9 Å². The van der Waals surface area contributed by atoms with E-state index < -0.39 is 0 Å². The Balaban J connectivity index is 2.16. The number of hydrogen-bond donors (Lipinski definition) is 1. The van der Waals surface area contributed by atoms with Gasteiger partial charge >= 0.3 is 0 Å². The van der Waals surface area contributed by atoms with Crippen molar-refractivity contribution in [2.45, 2.75) is 6.92 Å². The molecule has 100 valence electrons. The summed E-state index contributed by atoms with van der Waals surface area (Å²) in [4.78, 5) is 4.21. The first-order valence-electron chi connectivity index (χ1n) is 5.94. The van der Waals surface area contributed by atoms with Gasteiger partial charge in [0.15, 0.2) is 0 Å². The molecule has 5 heteroatoms. The van der Waals surface area contributed by atoms with Crippen LogP contribution in [-0.2, 0) is 0 Å². The molecule has 0 amide bonds. The molecule has 0 bridgehead atoms. The molecule has 0 radical (unpaired) electrons. The Bertz CT molecular complexity index is 558. The van der Waals surface area contributed by atoms with Gasteiger partial charge in [-0.05, 0) is 19.1 Å². The average Bonchev–Trinajstić information content (AvgIpc) is 2.40. The fourth-order valence-corrected chi connectivity index (χ4v) is 1.58. The van der Waals surface area contributed by atoms with Crippen molar-refractivity contribution in [1.29, 1.82) is 0 Å². The molecule has 2 aromatic rings. The lowest BCUT2D eigenvalue weighted by Crippen LogP contribution is -1.96. The first-order chi connectivity index (χ1) is 9.22. The number of benzene rings is 1. The zero-order valence-electron chi connectivity index (χ0n) is 10.9. The molecule has 1 heterocycles. The second kappa shape index (κ2) is 5.95. The van der Waals surface area contributed by atoms with Crippen LogP contribution >= 0.6 is 0 Å². The highest BCUT2D eigenvalue weighted by atomic mass is 16.5. The fraction of sp³-hybridized carbons (Fsp3) is 0.214. The van der Waals surface area contributed by atoms with Crippen molar-refractivity contribution >= 4 is 5.69 Å². The Labute approximate surface area is 111 Å². The second-order valence-corrected chi connectivity index (χ2v) is 3.75. The zero-order chi connectivity index (χ0) is 13.7. The maximum atomic E-state index is 5.81. The molecule has 1 aromatic carbocycles. The standard InChI is InChI=1S/C14H16N2O3/c1-3-18-13-5-4-6-14(16-13)19-10-7-8-12(17-2)11(15)9-10/h4-9H,3,15H2,1-2H3. The number of hydrogen-bond acceptors (Lipinski definition) is 5. The van der Waals surface area contributed by atoms with Crippen molar-refractivity contribution < 1.29 is 14.2 Å². The molecule has 0 aliphatic heterocycles. The topological polar surface area (TPSA) is 66.6 Å². The third-order valence-corrected chi connectivity index (χ3v) is 2.41. The van der Waals surface area contributed by atoms with E-state index in [0.717, 1.165) is 0 Å². The SMILES string of the molecule is CCOc1cccc(Oc2ccc(OC)c(N)c2)n1. The third kappa shape index (κ3) is 3.28. The van der Waals surface area contributed by atoms with E-state index in [-0.39, 0.29) is 0 Å². The Morgan fingerprint density at radius 2 is 1.95 bits per heavy atom. The lowest BCUT2D eigenvalue weighted by molar-refractivity contribution is 0.321. The summed E-state index contributed by atoms with van der Waals surface area (Å²) in [6.07, 6.45) is 0. The predicted molar refractivity (Wildman–Crippen MR) is 72.9 cm³/mol. The molecule has 2 rings (SSSR count).